The van der Waals surface area contributed by atoms with Gasteiger partial charge in [0.05, 0.1) is 26.1 Å². The normalized spacial score (nSPS) is 10.8. The minimum Gasteiger partial charge on any atom is -0.469 e. The zero-order valence-electron chi connectivity index (χ0n) is 13.8. The number of ether oxygens (including phenoxy) is 3. The highest BCUT2D eigenvalue weighted by atomic mass is 16.6. The van der Waals surface area contributed by atoms with Crippen LogP contribution in [0.15, 0.2) is 6.20 Å². The average Bonchev–Trinajstić information content (AvgIpc) is 2.75. The molecule has 0 atom stereocenters. The number of nitrogens with zero attached hydrogens (tertiary/aromatic N) is 2. The molecule has 23 heavy (non-hydrogen) atoms. The Labute approximate surface area is 133 Å². The van der Waals surface area contributed by atoms with Gasteiger partial charge in [0.1, 0.15) is 5.60 Å². The molecule has 0 saturated carbocycles. The van der Waals surface area contributed by atoms with Gasteiger partial charge in [-0.05, 0) is 20.8 Å². The second-order valence-electron chi connectivity index (χ2n) is 5.66. The van der Waals surface area contributed by atoms with Crippen LogP contribution in [-0.2, 0) is 26.1 Å². The Bertz CT molecular complexity index is 588. The number of rotatable bonds is 5. The quantitative estimate of drug-likeness (QED) is 0.818. The second-order valence-corrected chi connectivity index (χ2v) is 5.66. The minimum absolute atomic E-state index is 0.0632. The van der Waals surface area contributed by atoms with Crippen molar-refractivity contribution in [3.8, 4) is 5.75 Å². The minimum atomic E-state index is -0.701. The fraction of sp³-hybridized carbons (Fsp3) is 0.571. The number of aromatic nitrogens is 2. The zero-order valence-corrected chi connectivity index (χ0v) is 13.8. The van der Waals surface area contributed by atoms with Crippen molar-refractivity contribution >= 4 is 23.8 Å². The van der Waals surface area contributed by atoms with E-state index in [9.17, 15) is 14.4 Å². The summed E-state index contributed by atoms with van der Waals surface area (Å²) >= 11 is 0. The number of esters is 2. The Hall–Kier alpha value is -2.58. The molecule has 9 heteroatoms. The number of carbonyl (C=O) groups excluding carboxylic acids is 3. The van der Waals surface area contributed by atoms with Crippen molar-refractivity contribution in [1.29, 1.82) is 0 Å². The summed E-state index contributed by atoms with van der Waals surface area (Å²) in [4.78, 5) is 34.5. The van der Waals surface area contributed by atoms with E-state index in [0.29, 0.717) is 0 Å². The van der Waals surface area contributed by atoms with Crippen LogP contribution < -0.4 is 10.1 Å². The van der Waals surface area contributed by atoms with Gasteiger partial charge >= 0.3 is 18.0 Å². The van der Waals surface area contributed by atoms with Gasteiger partial charge in [0.25, 0.3) is 0 Å². The molecular weight excluding hydrogens is 306 g/mol. The first-order valence-corrected chi connectivity index (χ1v) is 6.92. The van der Waals surface area contributed by atoms with Gasteiger partial charge in [-0.15, -0.1) is 0 Å². The number of anilines is 1. The first-order valence-electron chi connectivity index (χ1n) is 6.92. The van der Waals surface area contributed by atoms with E-state index < -0.39 is 23.6 Å². The van der Waals surface area contributed by atoms with E-state index in [0.717, 1.165) is 0 Å². The molecule has 0 unspecified atom stereocenters. The van der Waals surface area contributed by atoms with Crippen LogP contribution in [0.25, 0.3) is 0 Å². The highest BCUT2D eigenvalue weighted by Crippen LogP contribution is 2.24. The number of methoxy groups -OCH3 is 1. The first kappa shape index (κ1) is 18.5. The van der Waals surface area contributed by atoms with Crippen LogP contribution in [0.3, 0.4) is 0 Å². The Morgan fingerprint density at radius 3 is 2.39 bits per heavy atom. The maximum Gasteiger partial charge on any atom is 0.413 e. The smallest absolute Gasteiger partial charge is 0.413 e. The van der Waals surface area contributed by atoms with E-state index in [2.05, 4.69) is 15.2 Å². The Morgan fingerprint density at radius 2 is 1.83 bits per heavy atom. The van der Waals surface area contributed by atoms with Gasteiger partial charge in [-0.2, -0.15) is 5.10 Å². The fourth-order valence-electron chi connectivity index (χ4n) is 1.51. The summed E-state index contributed by atoms with van der Waals surface area (Å²) < 4.78 is 16.0. The molecule has 9 nitrogen and oxygen atoms in total. The van der Waals surface area contributed by atoms with Gasteiger partial charge in [0, 0.05) is 7.05 Å². The monoisotopic (exact) mass is 327 g/mol. The molecular formula is C14H21N3O6. The van der Waals surface area contributed by atoms with Gasteiger partial charge in [-0.1, -0.05) is 0 Å². The molecule has 0 spiro atoms. The van der Waals surface area contributed by atoms with Crippen molar-refractivity contribution in [1.82, 2.24) is 9.78 Å². The van der Waals surface area contributed by atoms with Gasteiger partial charge < -0.3 is 14.2 Å². The van der Waals surface area contributed by atoms with Crippen molar-refractivity contribution in [3.05, 3.63) is 6.20 Å². The summed E-state index contributed by atoms with van der Waals surface area (Å²) in [6.45, 7) is 5.18. The molecule has 1 heterocycles. The Morgan fingerprint density at radius 1 is 1.22 bits per heavy atom. The lowest BCUT2D eigenvalue weighted by Crippen LogP contribution is -2.28. The zero-order chi connectivity index (χ0) is 17.6. The predicted molar refractivity (Wildman–Crippen MR) is 79.9 cm³/mol. The Balaban J connectivity index is 2.69. The highest BCUT2D eigenvalue weighted by molar-refractivity contribution is 5.87. The maximum atomic E-state index is 11.8. The van der Waals surface area contributed by atoms with Gasteiger partial charge in [0.15, 0.2) is 11.6 Å². The molecule has 0 aliphatic heterocycles. The lowest BCUT2D eigenvalue weighted by Gasteiger charge is -2.19. The van der Waals surface area contributed by atoms with Crippen LogP contribution >= 0.6 is 0 Å². The molecule has 0 bridgehead atoms. The van der Waals surface area contributed by atoms with Crippen molar-refractivity contribution < 1.29 is 28.6 Å². The molecule has 1 aromatic heterocycles. The standard InChI is InChI=1S/C14H21N3O6/c1-14(2,3)23-13(20)16-12-9(8-15-17(12)4)22-11(19)7-6-10(18)21-5/h8H,6-7H2,1-5H3,(H,16,20). The molecule has 0 aliphatic carbocycles. The molecule has 1 rings (SSSR count). The molecule has 1 amide bonds. The summed E-state index contributed by atoms with van der Waals surface area (Å²) in [5, 5.41) is 6.38. The summed E-state index contributed by atoms with van der Waals surface area (Å²) in [7, 11) is 2.80. The van der Waals surface area contributed by atoms with Gasteiger partial charge in [0.2, 0.25) is 0 Å². The predicted octanol–water partition coefficient (Wildman–Crippen LogP) is 1.63. The van der Waals surface area contributed by atoms with E-state index in [1.807, 2.05) is 0 Å². The molecule has 1 N–H and O–H groups in total. The number of aryl methyl sites for hydroxylation is 1. The third-order valence-electron chi connectivity index (χ3n) is 2.51. The molecule has 0 aliphatic rings. The van der Waals surface area contributed by atoms with Crippen molar-refractivity contribution in [2.75, 3.05) is 12.4 Å². The molecule has 0 fully saturated rings. The number of hydrogen-bond acceptors (Lipinski definition) is 7. The van der Waals surface area contributed by atoms with Gasteiger partial charge in [-0.25, -0.2) is 9.48 Å². The van der Waals surface area contributed by atoms with E-state index in [1.54, 1.807) is 27.8 Å². The van der Waals surface area contributed by atoms with Crippen molar-refractivity contribution in [3.63, 3.8) is 0 Å². The van der Waals surface area contributed by atoms with E-state index in [-0.39, 0.29) is 24.4 Å². The number of hydrogen-bond donors (Lipinski definition) is 1. The van der Waals surface area contributed by atoms with Crippen molar-refractivity contribution in [2.45, 2.75) is 39.2 Å². The van der Waals surface area contributed by atoms with Crippen LogP contribution in [0, 0.1) is 0 Å². The third-order valence-corrected chi connectivity index (χ3v) is 2.51. The molecule has 1 aromatic rings. The fourth-order valence-corrected chi connectivity index (χ4v) is 1.51. The number of nitrogens with one attached hydrogen (secondary N) is 1. The van der Waals surface area contributed by atoms with Gasteiger partial charge in [-0.3, -0.25) is 14.9 Å². The van der Waals surface area contributed by atoms with Crippen LogP contribution in [0.5, 0.6) is 5.75 Å². The molecule has 0 saturated heterocycles. The average molecular weight is 327 g/mol. The van der Waals surface area contributed by atoms with Crippen molar-refractivity contribution in [2.24, 2.45) is 7.05 Å². The lowest BCUT2D eigenvalue weighted by molar-refractivity contribution is -0.144. The third kappa shape index (κ3) is 6.37. The van der Waals surface area contributed by atoms with E-state index >= 15 is 0 Å². The number of amides is 1. The Kier molecular flexibility index (Phi) is 6.11. The van der Waals surface area contributed by atoms with Crippen LogP contribution in [0.4, 0.5) is 10.6 Å². The van der Waals surface area contributed by atoms with Crippen LogP contribution in [0.1, 0.15) is 33.6 Å². The molecule has 128 valence electrons. The summed E-state index contributed by atoms with van der Waals surface area (Å²) in [5.74, 6) is -0.922. The van der Waals surface area contributed by atoms with Crippen LogP contribution in [0.2, 0.25) is 0 Å². The SMILES string of the molecule is COC(=O)CCC(=O)Oc1cnn(C)c1NC(=O)OC(C)(C)C. The van der Waals surface area contributed by atoms with E-state index in [4.69, 9.17) is 9.47 Å². The number of carbonyl (C=O) groups is 3. The highest BCUT2D eigenvalue weighted by Gasteiger charge is 2.21. The summed E-state index contributed by atoms with van der Waals surface area (Å²) in [6.07, 6.45) is 0.341. The topological polar surface area (TPSA) is 109 Å². The summed E-state index contributed by atoms with van der Waals surface area (Å²) in [5.41, 5.74) is -0.667. The van der Waals surface area contributed by atoms with Crippen LogP contribution in [-0.4, -0.2) is 40.5 Å². The first-order chi connectivity index (χ1) is 10.6. The lowest BCUT2D eigenvalue weighted by atomic mass is 10.2. The second kappa shape index (κ2) is 7.61. The van der Waals surface area contributed by atoms with E-state index in [1.165, 1.54) is 18.0 Å². The maximum absolute atomic E-state index is 11.8. The largest absolute Gasteiger partial charge is 0.469 e. The summed E-state index contributed by atoms with van der Waals surface area (Å²) in [6, 6.07) is 0. The molecule has 0 radical (unpaired) electrons. The molecule has 0 aromatic carbocycles.